The number of benzene rings is 1. The van der Waals surface area contributed by atoms with Gasteiger partial charge in [-0.1, -0.05) is 23.7 Å². The van der Waals surface area contributed by atoms with Crippen molar-refractivity contribution in [2.45, 2.75) is 12.8 Å². The minimum Gasteiger partial charge on any atom is -0.469 e. The van der Waals surface area contributed by atoms with Crippen LogP contribution in [-0.4, -0.2) is 18.1 Å². The van der Waals surface area contributed by atoms with E-state index in [2.05, 4.69) is 9.72 Å². The molecule has 100 valence electrons. The molecule has 0 atom stereocenters. The Morgan fingerprint density at radius 3 is 2.68 bits per heavy atom. The average Bonchev–Trinajstić information content (AvgIpc) is 2.78. The first-order valence-electron chi connectivity index (χ1n) is 5.65. The molecule has 2 rings (SSSR count). The Labute approximate surface area is 114 Å². The van der Waals surface area contributed by atoms with Crippen LogP contribution in [-0.2, 0) is 16.0 Å². The Kier molecular flexibility index (Phi) is 4.06. The molecule has 1 heterocycles. The number of ether oxygens (including phenoxy) is 1. The minimum absolute atomic E-state index is 0.151. The average molecular weight is 282 g/mol. The zero-order valence-electron chi connectivity index (χ0n) is 10.2. The molecule has 6 heteroatoms. The summed E-state index contributed by atoms with van der Waals surface area (Å²) in [6.07, 6.45) is 0.446. The maximum Gasteiger partial charge on any atom is 0.416 e. The Morgan fingerprint density at radius 1 is 1.37 bits per heavy atom. The Hall–Kier alpha value is -2.01. The summed E-state index contributed by atoms with van der Waals surface area (Å²) in [5.41, 5.74) is 1.33. The second-order valence-electron chi connectivity index (χ2n) is 3.90. The van der Waals surface area contributed by atoms with Gasteiger partial charge in [-0.15, -0.1) is 0 Å². The molecule has 0 aliphatic rings. The first-order chi connectivity index (χ1) is 9.10. The van der Waals surface area contributed by atoms with Gasteiger partial charge in [-0.05, 0) is 12.1 Å². The van der Waals surface area contributed by atoms with E-state index in [0.717, 1.165) is 5.56 Å². The molecule has 1 N–H and O–H groups in total. The summed E-state index contributed by atoms with van der Waals surface area (Å²) >= 11 is 5.81. The number of aromatic nitrogens is 1. The SMILES string of the molecule is COC(=O)CCc1oc(=O)[nH]c1-c1ccc(Cl)cc1. The quantitative estimate of drug-likeness (QED) is 0.874. The molecule has 1 aromatic heterocycles. The topological polar surface area (TPSA) is 72.3 Å². The number of rotatable bonds is 4. The highest BCUT2D eigenvalue weighted by Gasteiger charge is 2.13. The number of nitrogens with one attached hydrogen (secondary N) is 1. The van der Waals surface area contributed by atoms with Crippen molar-refractivity contribution in [3.8, 4) is 11.3 Å². The molecule has 0 bridgehead atoms. The third-order valence-electron chi connectivity index (χ3n) is 2.64. The highest BCUT2D eigenvalue weighted by atomic mass is 35.5. The van der Waals surface area contributed by atoms with Gasteiger partial charge in [-0.25, -0.2) is 4.79 Å². The first kappa shape index (κ1) is 13.4. The van der Waals surface area contributed by atoms with E-state index in [1.807, 2.05) is 0 Å². The predicted molar refractivity (Wildman–Crippen MR) is 70.1 cm³/mol. The van der Waals surface area contributed by atoms with E-state index in [1.54, 1.807) is 24.3 Å². The lowest BCUT2D eigenvalue weighted by atomic mass is 10.1. The lowest BCUT2D eigenvalue weighted by molar-refractivity contribution is -0.140. The molecular formula is C13H12ClNO4. The summed E-state index contributed by atoms with van der Waals surface area (Å²) in [4.78, 5) is 25.0. The van der Waals surface area contributed by atoms with Crippen LogP contribution in [0.4, 0.5) is 0 Å². The fourth-order valence-corrected chi connectivity index (χ4v) is 1.83. The summed E-state index contributed by atoms with van der Waals surface area (Å²) in [6, 6.07) is 6.97. The number of aryl methyl sites for hydroxylation is 1. The number of methoxy groups -OCH3 is 1. The number of carbonyl (C=O) groups excluding carboxylic acids is 1. The van der Waals surface area contributed by atoms with Crippen LogP contribution in [0, 0.1) is 0 Å². The van der Waals surface area contributed by atoms with E-state index in [4.69, 9.17) is 16.0 Å². The van der Waals surface area contributed by atoms with Gasteiger partial charge in [0.1, 0.15) is 5.76 Å². The summed E-state index contributed by atoms with van der Waals surface area (Å²) in [6.45, 7) is 0. The van der Waals surface area contributed by atoms with Crippen LogP contribution in [0.5, 0.6) is 0 Å². The van der Waals surface area contributed by atoms with Crippen LogP contribution >= 0.6 is 11.6 Å². The van der Waals surface area contributed by atoms with Crippen LogP contribution in [0.15, 0.2) is 33.5 Å². The van der Waals surface area contributed by atoms with Gasteiger partial charge in [0, 0.05) is 17.0 Å². The van der Waals surface area contributed by atoms with Gasteiger partial charge in [0.25, 0.3) is 0 Å². The van der Waals surface area contributed by atoms with E-state index < -0.39 is 5.76 Å². The second-order valence-corrected chi connectivity index (χ2v) is 4.33. The Balaban J connectivity index is 2.28. The summed E-state index contributed by atoms with van der Waals surface area (Å²) < 4.78 is 9.60. The first-order valence-corrected chi connectivity index (χ1v) is 6.02. The van der Waals surface area contributed by atoms with Gasteiger partial charge < -0.3 is 9.15 Å². The standard InChI is InChI=1S/C13H12ClNO4/c1-18-11(16)7-6-10-12(15-13(17)19-10)8-2-4-9(14)5-3-8/h2-5H,6-7H2,1H3,(H,15,17). The van der Waals surface area contributed by atoms with E-state index in [-0.39, 0.29) is 12.4 Å². The van der Waals surface area contributed by atoms with Gasteiger partial charge in [-0.3, -0.25) is 9.78 Å². The molecule has 0 saturated carbocycles. The van der Waals surface area contributed by atoms with Crippen molar-refractivity contribution in [2.75, 3.05) is 7.11 Å². The molecule has 1 aromatic carbocycles. The maximum atomic E-state index is 11.3. The van der Waals surface area contributed by atoms with Gasteiger partial charge in [0.05, 0.1) is 19.2 Å². The third-order valence-corrected chi connectivity index (χ3v) is 2.89. The van der Waals surface area contributed by atoms with Gasteiger partial charge in [0.15, 0.2) is 0 Å². The smallest absolute Gasteiger partial charge is 0.416 e. The molecule has 0 unspecified atom stereocenters. The van der Waals surface area contributed by atoms with E-state index in [0.29, 0.717) is 22.9 Å². The predicted octanol–water partition coefficient (Wildman–Crippen LogP) is 2.39. The summed E-state index contributed by atoms with van der Waals surface area (Å²) in [5, 5.41) is 0.603. The van der Waals surface area contributed by atoms with Crippen LogP contribution in [0.2, 0.25) is 5.02 Å². The minimum atomic E-state index is -0.551. The van der Waals surface area contributed by atoms with E-state index >= 15 is 0 Å². The van der Waals surface area contributed by atoms with Crippen molar-refractivity contribution in [1.29, 1.82) is 0 Å². The van der Waals surface area contributed by atoms with Crippen LogP contribution < -0.4 is 5.76 Å². The van der Waals surface area contributed by atoms with Crippen molar-refractivity contribution < 1.29 is 13.9 Å². The maximum absolute atomic E-state index is 11.3. The number of carbonyl (C=O) groups is 1. The van der Waals surface area contributed by atoms with Gasteiger partial charge in [0.2, 0.25) is 0 Å². The van der Waals surface area contributed by atoms with E-state index in [1.165, 1.54) is 7.11 Å². The molecular weight excluding hydrogens is 270 g/mol. The Bertz CT molecular complexity index is 627. The van der Waals surface area contributed by atoms with Crippen LogP contribution in [0.1, 0.15) is 12.2 Å². The number of H-pyrrole nitrogens is 1. The number of esters is 1. The lowest BCUT2D eigenvalue weighted by Crippen LogP contribution is -2.02. The number of hydrogen-bond donors (Lipinski definition) is 1. The third kappa shape index (κ3) is 3.26. The monoisotopic (exact) mass is 281 g/mol. The largest absolute Gasteiger partial charge is 0.469 e. The van der Waals surface area contributed by atoms with Crippen molar-refractivity contribution in [1.82, 2.24) is 4.98 Å². The van der Waals surface area contributed by atoms with Crippen LogP contribution in [0.3, 0.4) is 0 Å². The second kappa shape index (κ2) is 5.75. The van der Waals surface area contributed by atoms with Crippen molar-refractivity contribution in [2.24, 2.45) is 0 Å². The molecule has 2 aromatic rings. The van der Waals surface area contributed by atoms with Gasteiger partial charge >= 0.3 is 11.7 Å². The zero-order valence-corrected chi connectivity index (χ0v) is 11.0. The molecule has 0 saturated heterocycles. The highest BCUT2D eigenvalue weighted by molar-refractivity contribution is 6.30. The van der Waals surface area contributed by atoms with Crippen molar-refractivity contribution in [3.63, 3.8) is 0 Å². The van der Waals surface area contributed by atoms with Crippen molar-refractivity contribution in [3.05, 3.63) is 45.6 Å². The highest BCUT2D eigenvalue weighted by Crippen LogP contribution is 2.23. The lowest BCUT2D eigenvalue weighted by Gasteiger charge is -2.01. The fraction of sp³-hybridized carbons (Fsp3) is 0.231. The number of aromatic amines is 1. The Morgan fingerprint density at radius 2 is 2.05 bits per heavy atom. The van der Waals surface area contributed by atoms with Crippen LogP contribution in [0.25, 0.3) is 11.3 Å². The number of hydrogen-bond acceptors (Lipinski definition) is 4. The molecule has 5 nitrogen and oxygen atoms in total. The van der Waals surface area contributed by atoms with Gasteiger partial charge in [-0.2, -0.15) is 0 Å². The molecule has 0 aliphatic carbocycles. The normalized spacial score (nSPS) is 10.4. The molecule has 0 spiro atoms. The molecule has 19 heavy (non-hydrogen) atoms. The number of halogens is 1. The molecule has 0 aliphatic heterocycles. The molecule has 0 fully saturated rings. The fourth-order valence-electron chi connectivity index (χ4n) is 1.70. The summed E-state index contributed by atoms with van der Waals surface area (Å²) in [5.74, 6) is -0.478. The van der Waals surface area contributed by atoms with E-state index in [9.17, 15) is 9.59 Å². The molecule has 0 amide bonds. The number of oxazole rings is 1. The zero-order chi connectivity index (χ0) is 13.8. The molecule has 0 radical (unpaired) electrons. The van der Waals surface area contributed by atoms with Crippen molar-refractivity contribution >= 4 is 17.6 Å². The summed E-state index contributed by atoms with van der Waals surface area (Å²) in [7, 11) is 1.32.